The van der Waals surface area contributed by atoms with Crippen LogP contribution in [0.4, 0.5) is 0 Å². The van der Waals surface area contributed by atoms with Crippen LogP contribution in [0.3, 0.4) is 0 Å². The van der Waals surface area contributed by atoms with Crippen LogP contribution in [0, 0.1) is 0 Å². The van der Waals surface area contributed by atoms with Crippen molar-refractivity contribution in [1.29, 1.82) is 0 Å². The Morgan fingerprint density at radius 2 is 1.67 bits per heavy atom. The molecule has 0 unspecified atom stereocenters. The van der Waals surface area contributed by atoms with Gasteiger partial charge in [-0.2, -0.15) is 0 Å². The molecule has 0 heteroatoms. The smallest absolute Gasteiger partial charge is 0.0184 e. The highest BCUT2D eigenvalue weighted by Gasteiger charge is 1.90. The molecule has 0 heterocycles. The maximum atomic E-state index is 3.74. The molecule has 0 N–H and O–H groups in total. The Balaban J connectivity index is 3.04. The van der Waals surface area contributed by atoms with Crippen LogP contribution < -0.4 is 0 Å². The molecule has 0 fully saturated rings. The van der Waals surface area contributed by atoms with Gasteiger partial charge in [0.05, 0.1) is 0 Å². The van der Waals surface area contributed by atoms with Gasteiger partial charge in [0.1, 0.15) is 0 Å². The lowest BCUT2D eigenvalue weighted by molar-refractivity contribution is 1.61. The molecule has 0 radical (unpaired) electrons. The van der Waals surface area contributed by atoms with Gasteiger partial charge < -0.3 is 0 Å². The van der Waals surface area contributed by atoms with E-state index < -0.39 is 0 Å². The van der Waals surface area contributed by atoms with Gasteiger partial charge in [0.2, 0.25) is 0 Å². The zero-order valence-electron chi connectivity index (χ0n) is 7.03. The average Bonchev–Trinajstić information content (AvgIpc) is 2.15. The average molecular weight is 156 g/mol. The number of hydrogen-bond donors (Lipinski definition) is 0. The fourth-order valence-corrected chi connectivity index (χ4v) is 1.02. The first-order valence-electron chi connectivity index (χ1n) is 3.89. The first kappa shape index (κ1) is 8.54. The predicted octanol–water partition coefficient (Wildman–Crippen LogP) is 3.53. The van der Waals surface area contributed by atoms with E-state index in [0.717, 1.165) is 5.56 Å². The van der Waals surface area contributed by atoms with Crippen LogP contribution in [-0.4, -0.2) is 0 Å². The van der Waals surface area contributed by atoms with Crippen LogP contribution in [0.1, 0.15) is 11.1 Å². The van der Waals surface area contributed by atoms with E-state index in [1.54, 1.807) is 6.08 Å². The van der Waals surface area contributed by atoms with E-state index >= 15 is 0 Å². The Morgan fingerprint density at radius 3 is 2.25 bits per heavy atom. The van der Waals surface area contributed by atoms with Crippen molar-refractivity contribution >= 4 is 12.2 Å². The summed E-state index contributed by atoms with van der Waals surface area (Å²) in [6.45, 7) is 7.36. The highest BCUT2D eigenvalue weighted by atomic mass is 14.0. The monoisotopic (exact) mass is 156 g/mol. The third-order valence-electron chi connectivity index (χ3n) is 1.63. The lowest BCUT2D eigenvalue weighted by Crippen LogP contribution is -1.77. The zero-order chi connectivity index (χ0) is 8.81. The summed E-state index contributed by atoms with van der Waals surface area (Å²) in [5.74, 6) is 0. The van der Waals surface area contributed by atoms with Gasteiger partial charge in [-0.1, -0.05) is 61.7 Å². The van der Waals surface area contributed by atoms with Crippen molar-refractivity contribution in [2.45, 2.75) is 0 Å². The zero-order valence-corrected chi connectivity index (χ0v) is 7.03. The van der Waals surface area contributed by atoms with Gasteiger partial charge in [-0.15, -0.1) is 0 Å². The van der Waals surface area contributed by atoms with Crippen LogP contribution in [0.15, 0.2) is 49.6 Å². The molecule has 0 saturated carbocycles. The molecule has 0 saturated heterocycles. The third-order valence-corrected chi connectivity index (χ3v) is 1.63. The van der Waals surface area contributed by atoms with Gasteiger partial charge in [0.25, 0.3) is 0 Å². The fraction of sp³-hybridized carbons (Fsp3) is 0. The topological polar surface area (TPSA) is 0 Å². The molecule has 1 aromatic carbocycles. The normalized spacial score (nSPS) is 10.0. The van der Waals surface area contributed by atoms with Crippen LogP contribution in [0.5, 0.6) is 0 Å². The number of rotatable bonds is 3. The first-order chi connectivity index (χ1) is 5.88. The Hall–Kier alpha value is -1.56. The van der Waals surface area contributed by atoms with E-state index in [9.17, 15) is 0 Å². The summed E-state index contributed by atoms with van der Waals surface area (Å²) in [5.41, 5.74) is 2.32. The quantitative estimate of drug-likeness (QED) is 0.587. The first-order valence-corrected chi connectivity index (χ1v) is 3.89. The van der Waals surface area contributed by atoms with Crippen LogP contribution in [0.2, 0.25) is 0 Å². The Bertz CT molecular complexity index is 306. The molecule has 0 atom stereocenters. The van der Waals surface area contributed by atoms with E-state index in [4.69, 9.17) is 0 Å². The van der Waals surface area contributed by atoms with Crippen molar-refractivity contribution in [2.75, 3.05) is 0 Å². The minimum absolute atomic E-state index is 1.15. The molecule has 0 spiro atoms. The molecule has 0 aromatic heterocycles. The minimum atomic E-state index is 1.15. The summed E-state index contributed by atoms with van der Waals surface area (Å²) in [5, 5.41) is 0. The van der Waals surface area contributed by atoms with Crippen LogP contribution in [0.25, 0.3) is 12.2 Å². The van der Waals surface area contributed by atoms with E-state index in [1.165, 1.54) is 5.56 Å². The van der Waals surface area contributed by atoms with E-state index in [-0.39, 0.29) is 0 Å². The van der Waals surface area contributed by atoms with Crippen molar-refractivity contribution < 1.29 is 0 Å². The minimum Gasteiger partial charge on any atom is -0.0991 e. The van der Waals surface area contributed by atoms with E-state index in [1.807, 2.05) is 36.4 Å². The molecule has 1 rings (SSSR count). The van der Waals surface area contributed by atoms with Crippen molar-refractivity contribution in [3.63, 3.8) is 0 Å². The lowest BCUT2D eigenvalue weighted by atomic mass is 10.1. The highest BCUT2D eigenvalue weighted by molar-refractivity contribution is 5.64. The summed E-state index contributed by atoms with van der Waals surface area (Å²) in [4.78, 5) is 0. The van der Waals surface area contributed by atoms with Gasteiger partial charge in [-0.25, -0.2) is 0 Å². The second kappa shape index (κ2) is 4.35. The maximum Gasteiger partial charge on any atom is -0.0184 e. The number of benzene rings is 1. The molecule has 0 amide bonds. The summed E-state index contributed by atoms with van der Waals surface area (Å²) in [7, 11) is 0. The number of allylic oxidation sites excluding steroid dienone is 2. The molecule has 0 aliphatic rings. The molecule has 0 nitrogen and oxygen atoms in total. The molecule has 0 bridgehead atoms. The SMILES string of the molecule is C=C/C=C/c1ccccc1C=C. The van der Waals surface area contributed by atoms with Gasteiger partial charge in [0, 0.05) is 0 Å². The molecular formula is C12H12. The van der Waals surface area contributed by atoms with Crippen molar-refractivity contribution in [3.8, 4) is 0 Å². The Labute approximate surface area is 73.6 Å². The largest absolute Gasteiger partial charge is 0.0991 e. The molecule has 12 heavy (non-hydrogen) atoms. The molecule has 1 aromatic rings. The second-order valence-electron chi connectivity index (χ2n) is 2.43. The summed E-state index contributed by atoms with van der Waals surface area (Å²) in [6.07, 6.45) is 7.55. The standard InChI is InChI=1S/C12H12/c1-3-5-8-12-10-7-6-9-11(12)4-2/h3-10H,1-2H2/b8-5+. The Kier molecular flexibility index (Phi) is 3.09. The maximum absolute atomic E-state index is 3.74. The second-order valence-corrected chi connectivity index (χ2v) is 2.43. The van der Waals surface area contributed by atoms with E-state index in [2.05, 4.69) is 19.2 Å². The predicted molar refractivity (Wildman–Crippen MR) is 55.8 cm³/mol. The van der Waals surface area contributed by atoms with Gasteiger partial charge >= 0.3 is 0 Å². The van der Waals surface area contributed by atoms with Gasteiger partial charge in [-0.3, -0.25) is 0 Å². The van der Waals surface area contributed by atoms with Crippen LogP contribution in [-0.2, 0) is 0 Å². The van der Waals surface area contributed by atoms with Crippen molar-refractivity contribution in [1.82, 2.24) is 0 Å². The highest BCUT2D eigenvalue weighted by Crippen LogP contribution is 2.11. The van der Waals surface area contributed by atoms with Crippen molar-refractivity contribution in [3.05, 3.63) is 60.7 Å². The molecule has 0 aliphatic heterocycles. The lowest BCUT2D eigenvalue weighted by Gasteiger charge is -1.97. The summed E-state index contributed by atoms with van der Waals surface area (Å²) >= 11 is 0. The van der Waals surface area contributed by atoms with Crippen LogP contribution >= 0.6 is 0 Å². The third kappa shape index (κ3) is 1.96. The molecule has 60 valence electrons. The summed E-state index contributed by atoms with van der Waals surface area (Å²) < 4.78 is 0. The van der Waals surface area contributed by atoms with Gasteiger partial charge in [-0.05, 0) is 11.1 Å². The fourth-order valence-electron chi connectivity index (χ4n) is 1.02. The van der Waals surface area contributed by atoms with E-state index in [0.29, 0.717) is 0 Å². The molecular weight excluding hydrogens is 144 g/mol. The Morgan fingerprint density at radius 1 is 1.00 bits per heavy atom. The van der Waals surface area contributed by atoms with Gasteiger partial charge in [0.15, 0.2) is 0 Å². The molecule has 0 aliphatic carbocycles. The summed E-state index contributed by atoms with van der Waals surface area (Å²) in [6, 6.07) is 8.10. The van der Waals surface area contributed by atoms with Crippen molar-refractivity contribution in [2.24, 2.45) is 0 Å². The number of hydrogen-bond acceptors (Lipinski definition) is 0.